The highest BCUT2D eigenvalue weighted by atomic mass is 16.2. The van der Waals surface area contributed by atoms with Gasteiger partial charge in [0.2, 0.25) is 5.91 Å². The molecular formula is C19H20N4O. The molecule has 0 unspecified atom stereocenters. The van der Waals surface area contributed by atoms with Gasteiger partial charge in [-0.2, -0.15) is 5.26 Å². The van der Waals surface area contributed by atoms with Crippen molar-refractivity contribution in [3.05, 3.63) is 59.8 Å². The van der Waals surface area contributed by atoms with Crippen molar-refractivity contribution in [2.24, 2.45) is 0 Å². The molecule has 0 aliphatic carbocycles. The fourth-order valence-electron chi connectivity index (χ4n) is 2.90. The summed E-state index contributed by atoms with van der Waals surface area (Å²) in [5, 5.41) is 8.98. The standard InChI is InChI=1S/C19H20N4O/c20-15-17-8-9-21-18(14-17)22-10-12-23(13-11-22)19(24)7-6-16-4-2-1-3-5-16/h1-5,8-9,14H,6-7,10-13H2. The van der Waals surface area contributed by atoms with E-state index in [1.54, 1.807) is 18.3 Å². The lowest BCUT2D eigenvalue weighted by Gasteiger charge is -2.35. The van der Waals surface area contributed by atoms with Crippen molar-refractivity contribution < 1.29 is 4.79 Å². The van der Waals surface area contributed by atoms with Gasteiger partial charge in [-0.3, -0.25) is 4.79 Å². The monoisotopic (exact) mass is 320 g/mol. The lowest BCUT2D eigenvalue weighted by molar-refractivity contribution is -0.131. The van der Waals surface area contributed by atoms with Gasteiger partial charge < -0.3 is 9.80 Å². The molecule has 0 saturated carbocycles. The van der Waals surface area contributed by atoms with Crippen LogP contribution in [0.2, 0.25) is 0 Å². The van der Waals surface area contributed by atoms with E-state index in [9.17, 15) is 4.79 Å². The summed E-state index contributed by atoms with van der Waals surface area (Å²) in [7, 11) is 0. The zero-order valence-corrected chi connectivity index (χ0v) is 13.6. The first-order valence-electron chi connectivity index (χ1n) is 8.19. The minimum Gasteiger partial charge on any atom is -0.353 e. The topological polar surface area (TPSA) is 60.2 Å². The summed E-state index contributed by atoms with van der Waals surface area (Å²) in [6, 6.07) is 15.7. The zero-order valence-electron chi connectivity index (χ0n) is 13.6. The molecule has 1 aliphatic rings. The van der Waals surface area contributed by atoms with Gasteiger partial charge in [0.25, 0.3) is 0 Å². The molecule has 0 bridgehead atoms. The Kier molecular flexibility index (Phi) is 5.07. The number of carbonyl (C=O) groups excluding carboxylic acids is 1. The maximum atomic E-state index is 12.4. The molecule has 5 heteroatoms. The van der Waals surface area contributed by atoms with E-state index >= 15 is 0 Å². The van der Waals surface area contributed by atoms with Crippen molar-refractivity contribution in [1.29, 1.82) is 5.26 Å². The molecule has 1 saturated heterocycles. The van der Waals surface area contributed by atoms with Crippen molar-refractivity contribution in [3.63, 3.8) is 0 Å². The maximum Gasteiger partial charge on any atom is 0.223 e. The first-order chi connectivity index (χ1) is 11.8. The number of benzene rings is 1. The lowest BCUT2D eigenvalue weighted by Crippen LogP contribution is -2.49. The predicted molar refractivity (Wildman–Crippen MR) is 92.5 cm³/mol. The van der Waals surface area contributed by atoms with Crippen LogP contribution in [0.15, 0.2) is 48.7 Å². The molecule has 1 amide bonds. The molecule has 5 nitrogen and oxygen atoms in total. The fraction of sp³-hybridized carbons (Fsp3) is 0.316. The number of hydrogen-bond acceptors (Lipinski definition) is 4. The molecule has 2 heterocycles. The van der Waals surface area contributed by atoms with Crippen LogP contribution in [0.3, 0.4) is 0 Å². The smallest absolute Gasteiger partial charge is 0.223 e. The van der Waals surface area contributed by atoms with E-state index in [0.717, 1.165) is 25.3 Å². The molecule has 0 N–H and O–H groups in total. The summed E-state index contributed by atoms with van der Waals surface area (Å²) in [5.41, 5.74) is 1.81. The minimum absolute atomic E-state index is 0.206. The first kappa shape index (κ1) is 16.0. The quantitative estimate of drug-likeness (QED) is 0.867. The third kappa shape index (κ3) is 3.90. The summed E-state index contributed by atoms with van der Waals surface area (Å²) in [6.45, 7) is 2.90. The van der Waals surface area contributed by atoms with Crippen LogP contribution in [0, 0.1) is 11.3 Å². The number of aryl methyl sites for hydroxylation is 1. The maximum absolute atomic E-state index is 12.4. The second-order valence-electron chi connectivity index (χ2n) is 5.87. The SMILES string of the molecule is N#Cc1ccnc(N2CCN(C(=O)CCc3ccccc3)CC2)c1. The highest BCUT2D eigenvalue weighted by molar-refractivity contribution is 5.76. The van der Waals surface area contributed by atoms with E-state index in [-0.39, 0.29) is 5.91 Å². The number of carbonyl (C=O) groups is 1. The Morgan fingerprint density at radius 1 is 1.12 bits per heavy atom. The zero-order chi connectivity index (χ0) is 16.8. The highest BCUT2D eigenvalue weighted by Gasteiger charge is 2.21. The second kappa shape index (κ2) is 7.60. The predicted octanol–water partition coefficient (Wildman–Crippen LogP) is 2.23. The van der Waals surface area contributed by atoms with Crippen molar-refractivity contribution in [1.82, 2.24) is 9.88 Å². The molecule has 1 aliphatic heterocycles. The minimum atomic E-state index is 0.206. The van der Waals surface area contributed by atoms with Crippen LogP contribution in [-0.2, 0) is 11.2 Å². The average molecular weight is 320 g/mol. The molecule has 2 aromatic rings. The Morgan fingerprint density at radius 2 is 1.88 bits per heavy atom. The molecule has 24 heavy (non-hydrogen) atoms. The number of rotatable bonds is 4. The van der Waals surface area contributed by atoms with Crippen molar-refractivity contribution >= 4 is 11.7 Å². The van der Waals surface area contributed by atoms with Crippen molar-refractivity contribution in [2.75, 3.05) is 31.1 Å². The Hall–Kier alpha value is -2.87. The van der Waals surface area contributed by atoms with Crippen LogP contribution in [0.1, 0.15) is 17.5 Å². The van der Waals surface area contributed by atoms with Crippen LogP contribution < -0.4 is 4.90 Å². The van der Waals surface area contributed by atoms with Gasteiger partial charge in [0.15, 0.2) is 0 Å². The van der Waals surface area contributed by atoms with E-state index in [2.05, 4.69) is 28.1 Å². The van der Waals surface area contributed by atoms with E-state index < -0.39 is 0 Å². The molecule has 0 atom stereocenters. The van der Waals surface area contributed by atoms with Gasteiger partial charge in [-0.25, -0.2) is 4.98 Å². The van der Waals surface area contributed by atoms with E-state index in [4.69, 9.17) is 5.26 Å². The van der Waals surface area contributed by atoms with Gasteiger partial charge in [-0.1, -0.05) is 30.3 Å². The van der Waals surface area contributed by atoms with Crippen LogP contribution in [0.25, 0.3) is 0 Å². The number of nitrogens with zero attached hydrogens (tertiary/aromatic N) is 4. The van der Waals surface area contributed by atoms with E-state index in [1.807, 2.05) is 23.1 Å². The van der Waals surface area contributed by atoms with Gasteiger partial charge in [-0.15, -0.1) is 0 Å². The molecule has 3 rings (SSSR count). The molecular weight excluding hydrogens is 300 g/mol. The number of pyridine rings is 1. The first-order valence-corrected chi connectivity index (χ1v) is 8.19. The summed E-state index contributed by atoms with van der Waals surface area (Å²) in [4.78, 5) is 20.7. The van der Waals surface area contributed by atoms with Crippen LogP contribution in [0.4, 0.5) is 5.82 Å². The third-order valence-electron chi connectivity index (χ3n) is 4.30. The van der Waals surface area contributed by atoms with Crippen molar-refractivity contribution in [2.45, 2.75) is 12.8 Å². The summed E-state index contributed by atoms with van der Waals surface area (Å²) in [5.74, 6) is 1.02. The summed E-state index contributed by atoms with van der Waals surface area (Å²) < 4.78 is 0. The van der Waals surface area contributed by atoms with Crippen LogP contribution >= 0.6 is 0 Å². The van der Waals surface area contributed by atoms with Crippen LogP contribution in [0.5, 0.6) is 0 Å². The van der Waals surface area contributed by atoms with Gasteiger partial charge in [0.05, 0.1) is 11.6 Å². The van der Waals surface area contributed by atoms with Gasteiger partial charge in [0, 0.05) is 38.8 Å². The van der Waals surface area contributed by atoms with Gasteiger partial charge in [-0.05, 0) is 24.1 Å². The third-order valence-corrected chi connectivity index (χ3v) is 4.30. The summed E-state index contributed by atoms with van der Waals surface area (Å²) in [6.07, 6.45) is 2.99. The number of nitriles is 1. The largest absolute Gasteiger partial charge is 0.353 e. The van der Waals surface area contributed by atoms with Crippen molar-refractivity contribution in [3.8, 4) is 6.07 Å². The van der Waals surface area contributed by atoms with Gasteiger partial charge >= 0.3 is 0 Å². The number of hydrogen-bond donors (Lipinski definition) is 0. The molecule has 0 radical (unpaired) electrons. The molecule has 122 valence electrons. The Bertz CT molecular complexity index is 731. The number of anilines is 1. The second-order valence-corrected chi connectivity index (χ2v) is 5.87. The Balaban J connectivity index is 1.51. The molecule has 1 aromatic carbocycles. The number of piperazine rings is 1. The molecule has 1 aromatic heterocycles. The normalized spacial score (nSPS) is 14.3. The average Bonchev–Trinajstić information content (AvgIpc) is 2.67. The number of aromatic nitrogens is 1. The lowest BCUT2D eigenvalue weighted by atomic mass is 10.1. The van der Waals surface area contributed by atoms with Crippen LogP contribution in [-0.4, -0.2) is 42.0 Å². The Labute approximate surface area is 142 Å². The summed E-state index contributed by atoms with van der Waals surface area (Å²) >= 11 is 0. The molecule has 1 fully saturated rings. The Morgan fingerprint density at radius 3 is 2.58 bits per heavy atom. The fourth-order valence-corrected chi connectivity index (χ4v) is 2.90. The van der Waals surface area contributed by atoms with Gasteiger partial charge in [0.1, 0.15) is 5.82 Å². The molecule has 0 spiro atoms. The number of amides is 1. The van der Waals surface area contributed by atoms with E-state index in [0.29, 0.717) is 25.1 Å². The van der Waals surface area contributed by atoms with E-state index in [1.165, 1.54) is 5.56 Å². The highest BCUT2D eigenvalue weighted by Crippen LogP contribution is 2.15.